The van der Waals surface area contributed by atoms with Gasteiger partial charge in [-0.2, -0.15) is 5.26 Å². The standard InChI is InChI=1S/C9H11IN4/c1-2-14(5-3-4-11)9-8(10)6-12-7-13-9/h6-7H,2-3,5H2,1H3. The monoisotopic (exact) mass is 302 g/mol. The summed E-state index contributed by atoms with van der Waals surface area (Å²) >= 11 is 2.20. The third-order valence-electron chi connectivity index (χ3n) is 1.82. The van der Waals surface area contributed by atoms with E-state index in [4.69, 9.17) is 5.26 Å². The van der Waals surface area contributed by atoms with Crippen molar-refractivity contribution >= 4 is 28.4 Å². The predicted molar refractivity (Wildman–Crippen MR) is 62.9 cm³/mol. The third-order valence-corrected chi connectivity index (χ3v) is 2.58. The summed E-state index contributed by atoms with van der Waals surface area (Å²) < 4.78 is 1.02. The molecule has 0 amide bonds. The van der Waals surface area contributed by atoms with Crippen LogP contribution < -0.4 is 4.90 Å². The largest absolute Gasteiger partial charge is 0.355 e. The van der Waals surface area contributed by atoms with Gasteiger partial charge in [0, 0.05) is 19.3 Å². The molecule has 1 rings (SSSR count). The van der Waals surface area contributed by atoms with Crippen molar-refractivity contribution in [3.05, 3.63) is 16.1 Å². The molecule has 5 heteroatoms. The molecule has 0 fully saturated rings. The molecule has 0 aliphatic rings. The summed E-state index contributed by atoms with van der Waals surface area (Å²) in [5.41, 5.74) is 0. The first kappa shape index (κ1) is 11.2. The summed E-state index contributed by atoms with van der Waals surface area (Å²) in [7, 11) is 0. The Morgan fingerprint density at radius 3 is 3.00 bits per heavy atom. The van der Waals surface area contributed by atoms with Crippen molar-refractivity contribution in [3.8, 4) is 6.07 Å². The van der Waals surface area contributed by atoms with Gasteiger partial charge in [-0.15, -0.1) is 0 Å². The van der Waals surface area contributed by atoms with Gasteiger partial charge in [-0.3, -0.25) is 0 Å². The van der Waals surface area contributed by atoms with Gasteiger partial charge in [0.15, 0.2) is 0 Å². The lowest BCUT2D eigenvalue weighted by Gasteiger charge is -2.21. The van der Waals surface area contributed by atoms with Crippen LogP contribution in [0.5, 0.6) is 0 Å². The smallest absolute Gasteiger partial charge is 0.145 e. The van der Waals surface area contributed by atoms with Crippen LogP contribution in [0.15, 0.2) is 12.5 Å². The number of hydrogen-bond acceptors (Lipinski definition) is 4. The van der Waals surface area contributed by atoms with Crippen LogP contribution in [-0.4, -0.2) is 23.1 Å². The molecule has 1 aromatic rings. The normalized spacial score (nSPS) is 9.50. The summed E-state index contributed by atoms with van der Waals surface area (Å²) in [5, 5.41) is 8.52. The molecule has 1 heterocycles. The Morgan fingerprint density at radius 2 is 2.43 bits per heavy atom. The number of nitriles is 1. The Kier molecular flexibility index (Phi) is 4.59. The van der Waals surface area contributed by atoms with Crippen LogP contribution >= 0.6 is 22.6 Å². The van der Waals surface area contributed by atoms with E-state index in [9.17, 15) is 0 Å². The fourth-order valence-corrected chi connectivity index (χ4v) is 1.78. The maximum Gasteiger partial charge on any atom is 0.145 e. The molecule has 4 nitrogen and oxygen atoms in total. The highest BCUT2D eigenvalue weighted by Gasteiger charge is 2.08. The van der Waals surface area contributed by atoms with E-state index >= 15 is 0 Å². The second kappa shape index (κ2) is 5.75. The van der Waals surface area contributed by atoms with Crippen LogP contribution in [0.25, 0.3) is 0 Å². The second-order valence-corrected chi connectivity index (χ2v) is 3.84. The van der Waals surface area contributed by atoms with Gasteiger partial charge in [0.25, 0.3) is 0 Å². The van der Waals surface area contributed by atoms with Crippen molar-refractivity contribution in [2.75, 3.05) is 18.0 Å². The zero-order chi connectivity index (χ0) is 10.4. The number of hydrogen-bond donors (Lipinski definition) is 0. The maximum absolute atomic E-state index is 8.52. The van der Waals surface area contributed by atoms with Crippen molar-refractivity contribution in [1.29, 1.82) is 5.26 Å². The van der Waals surface area contributed by atoms with E-state index in [1.54, 1.807) is 6.20 Å². The summed E-state index contributed by atoms with van der Waals surface area (Å²) in [6.45, 7) is 3.63. The second-order valence-electron chi connectivity index (χ2n) is 2.68. The van der Waals surface area contributed by atoms with Crippen LogP contribution in [0.3, 0.4) is 0 Å². The van der Waals surface area contributed by atoms with Gasteiger partial charge in [-0.25, -0.2) is 9.97 Å². The number of aromatic nitrogens is 2. The summed E-state index contributed by atoms with van der Waals surface area (Å²) in [5.74, 6) is 0.915. The molecular weight excluding hydrogens is 291 g/mol. The molecular formula is C9H11IN4. The highest BCUT2D eigenvalue weighted by Crippen LogP contribution is 2.17. The Bertz CT molecular complexity index is 334. The Labute approximate surface area is 97.1 Å². The van der Waals surface area contributed by atoms with Crippen molar-refractivity contribution in [3.63, 3.8) is 0 Å². The Morgan fingerprint density at radius 1 is 1.64 bits per heavy atom. The number of nitrogens with zero attached hydrogens (tertiary/aromatic N) is 4. The zero-order valence-corrected chi connectivity index (χ0v) is 10.1. The third kappa shape index (κ3) is 2.80. The predicted octanol–water partition coefficient (Wildman–Crippen LogP) is 1.82. The fraction of sp³-hybridized carbons (Fsp3) is 0.444. The minimum absolute atomic E-state index is 0.522. The van der Waals surface area contributed by atoms with E-state index in [1.165, 1.54) is 6.33 Å². The van der Waals surface area contributed by atoms with Crippen LogP contribution in [0.1, 0.15) is 13.3 Å². The average Bonchev–Trinajstić information content (AvgIpc) is 2.21. The molecule has 0 bridgehead atoms. The van der Waals surface area contributed by atoms with E-state index < -0.39 is 0 Å². The lowest BCUT2D eigenvalue weighted by Crippen LogP contribution is -2.25. The lowest BCUT2D eigenvalue weighted by molar-refractivity contribution is 0.804. The van der Waals surface area contributed by atoms with Crippen LogP contribution in [0, 0.1) is 14.9 Å². The van der Waals surface area contributed by atoms with Gasteiger partial charge >= 0.3 is 0 Å². The maximum atomic E-state index is 8.52. The zero-order valence-electron chi connectivity index (χ0n) is 7.94. The first-order valence-electron chi connectivity index (χ1n) is 4.37. The topological polar surface area (TPSA) is 52.8 Å². The van der Waals surface area contributed by atoms with Crippen LogP contribution in [0.2, 0.25) is 0 Å². The highest BCUT2D eigenvalue weighted by atomic mass is 127. The van der Waals surface area contributed by atoms with Crippen molar-refractivity contribution in [1.82, 2.24) is 9.97 Å². The minimum Gasteiger partial charge on any atom is -0.355 e. The molecule has 0 aliphatic carbocycles. The molecule has 0 saturated heterocycles. The molecule has 0 radical (unpaired) electrons. The first-order chi connectivity index (χ1) is 6.79. The molecule has 0 unspecified atom stereocenters. The van der Waals surface area contributed by atoms with Crippen molar-refractivity contribution in [2.45, 2.75) is 13.3 Å². The summed E-state index contributed by atoms with van der Waals surface area (Å²) in [6.07, 6.45) is 3.83. The summed E-state index contributed by atoms with van der Waals surface area (Å²) in [4.78, 5) is 10.2. The number of halogens is 1. The molecule has 0 aromatic carbocycles. The van der Waals surface area contributed by atoms with Crippen LogP contribution in [-0.2, 0) is 0 Å². The van der Waals surface area contributed by atoms with Gasteiger partial charge in [0.2, 0.25) is 0 Å². The average molecular weight is 302 g/mol. The quantitative estimate of drug-likeness (QED) is 0.796. The number of rotatable bonds is 4. The molecule has 0 spiro atoms. The number of anilines is 1. The fourth-order valence-electron chi connectivity index (χ4n) is 1.14. The first-order valence-corrected chi connectivity index (χ1v) is 5.44. The van der Waals surface area contributed by atoms with E-state index in [2.05, 4.69) is 50.5 Å². The SMILES string of the molecule is CCN(CCC#N)c1ncncc1I. The Balaban J connectivity index is 2.79. The van der Waals surface area contributed by atoms with Gasteiger partial charge in [0.05, 0.1) is 16.1 Å². The van der Waals surface area contributed by atoms with Gasteiger partial charge < -0.3 is 4.90 Å². The van der Waals surface area contributed by atoms with E-state index in [-0.39, 0.29) is 0 Å². The van der Waals surface area contributed by atoms with Gasteiger partial charge in [-0.05, 0) is 29.5 Å². The van der Waals surface area contributed by atoms with Crippen molar-refractivity contribution in [2.24, 2.45) is 0 Å². The van der Waals surface area contributed by atoms with E-state index in [0.29, 0.717) is 6.42 Å². The van der Waals surface area contributed by atoms with Crippen LogP contribution in [0.4, 0.5) is 5.82 Å². The molecule has 1 aromatic heterocycles. The Hall–Kier alpha value is -0.900. The molecule has 74 valence electrons. The van der Waals surface area contributed by atoms with Gasteiger partial charge in [-0.1, -0.05) is 0 Å². The van der Waals surface area contributed by atoms with Crippen molar-refractivity contribution < 1.29 is 0 Å². The molecule has 0 aliphatic heterocycles. The van der Waals surface area contributed by atoms with Gasteiger partial charge in [0.1, 0.15) is 12.1 Å². The molecule has 0 atom stereocenters. The van der Waals surface area contributed by atoms with E-state index in [1.807, 2.05) is 0 Å². The lowest BCUT2D eigenvalue weighted by atomic mass is 10.4. The molecule has 0 N–H and O–H groups in total. The molecule has 0 saturated carbocycles. The summed E-state index contributed by atoms with van der Waals surface area (Å²) in [6, 6.07) is 2.13. The van der Waals surface area contributed by atoms with E-state index in [0.717, 1.165) is 22.5 Å². The highest BCUT2D eigenvalue weighted by molar-refractivity contribution is 14.1. The molecule has 14 heavy (non-hydrogen) atoms. The minimum atomic E-state index is 0.522.